The van der Waals surface area contributed by atoms with E-state index < -0.39 is 0 Å². The molecule has 0 bridgehead atoms. The molecule has 0 saturated heterocycles. The van der Waals surface area contributed by atoms with Crippen molar-refractivity contribution in [3.05, 3.63) is 34.6 Å². The summed E-state index contributed by atoms with van der Waals surface area (Å²) in [5.74, 6) is 0.131. The number of halogens is 3. The molecule has 1 atom stereocenters. The maximum atomic E-state index is 13.7. The highest BCUT2D eigenvalue weighted by Crippen LogP contribution is 2.70. The van der Waals surface area contributed by atoms with Crippen molar-refractivity contribution in [2.24, 2.45) is 16.7 Å². The smallest absolute Gasteiger partial charge is 0.127 e. The number of benzene rings is 1. The first-order valence-electron chi connectivity index (χ1n) is 6.26. The van der Waals surface area contributed by atoms with Crippen molar-refractivity contribution in [2.75, 3.05) is 0 Å². The van der Waals surface area contributed by atoms with Gasteiger partial charge in [-0.2, -0.15) is 0 Å². The Kier molecular flexibility index (Phi) is 3.44. The highest BCUT2D eigenvalue weighted by Gasteiger charge is 2.66. The quantitative estimate of drug-likeness (QED) is 0.661. The van der Waals surface area contributed by atoms with Crippen LogP contribution in [0.3, 0.4) is 0 Å². The molecule has 0 N–H and O–H groups in total. The molecule has 0 spiro atoms. The fourth-order valence-corrected chi connectivity index (χ4v) is 4.22. The second-order valence-corrected chi connectivity index (χ2v) is 7.31. The van der Waals surface area contributed by atoms with E-state index in [1.54, 1.807) is 12.1 Å². The van der Waals surface area contributed by atoms with E-state index >= 15 is 0 Å². The SMILES string of the molecule is CC1(C)C(C(Cl)Cc2c(F)cccc2Cl)C1(C)C. The lowest BCUT2D eigenvalue weighted by Crippen LogP contribution is -2.12. The monoisotopic (exact) mass is 288 g/mol. The molecule has 1 aromatic carbocycles. The molecule has 0 nitrogen and oxygen atoms in total. The highest BCUT2D eigenvalue weighted by molar-refractivity contribution is 6.31. The summed E-state index contributed by atoms with van der Waals surface area (Å²) < 4.78 is 13.7. The van der Waals surface area contributed by atoms with Gasteiger partial charge in [-0.15, -0.1) is 11.6 Å². The first-order chi connectivity index (χ1) is 8.19. The van der Waals surface area contributed by atoms with E-state index in [1.807, 2.05) is 0 Å². The predicted octanol–water partition coefficient (Wildman–Crippen LogP) is 5.31. The van der Waals surface area contributed by atoms with Crippen LogP contribution in [0.25, 0.3) is 0 Å². The Balaban J connectivity index is 2.17. The third kappa shape index (κ3) is 2.06. The van der Waals surface area contributed by atoms with Gasteiger partial charge in [-0.3, -0.25) is 0 Å². The van der Waals surface area contributed by atoms with Gasteiger partial charge in [0, 0.05) is 16.0 Å². The summed E-state index contributed by atoms with van der Waals surface area (Å²) in [5, 5.41) is 0.390. The van der Waals surface area contributed by atoms with Crippen LogP contribution >= 0.6 is 23.2 Å². The van der Waals surface area contributed by atoms with Gasteiger partial charge in [0.15, 0.2) is 0 Å². The van der Waals surface area contributed by atoms with E-state index in [4.69, 9.17) is 23.2 Å². The summed E-state index contributed by atoms with van der Waals surface area (Å²) in [7, 11) is 0. The van der Waals surface area contributed by atoms with Crippen molar-refractivity contribution < 1.29 is 4.39 Å². The minimum atomic E-state index is -0.260. The van der Waals surface area contributed by atoms with Gasteiger partial charge >= 0.3 is 0 Å². The number of hydrogen-bond acceptors (Lipinski definition) is 0. The van der Waals surface area contributed by atoms with Crippen LogP contribution in [0, 0.1) is 22.6 Å². The lowest BCUT2D eigenvalue weighted by Gasteiger charge is -2.13. The standard InChI is InChI=1S/C15H19Cl2F/c1-14(2)13(15(14,3)4)11(17)8-9-10(16)6-5-7-12(9)18/h5-7,11,13H,8H2,1-4H3. The molecule has 0 aliphatic heterocycles. The van der Waals surface area contributed by atoms with Crippen LogP contribution in [0.1, 0.15) is 33.3 Å². The molecule has 100 valence electrons. The van der Waals surface area contributed by atoms with Crippen molar-refractivity contribution in [1.29, 1.82) is 0 Å². The van der Waals surface area contributed by atoms with Gasteiger partial charge in [-0.1, -0.05) is 45.4 Å². The van der Waals surface area contributed by atoms with Crippen molar-refractivity contribution in [3.8, 4) is 0 Å². The van der Waals surface area contributed by atoms with Gasteiger partial charge in [0.1, 0.15) is 5.82 Å². The van der Waals surface area contributed by atoms with Crippen LogP contribution in [0.2, 0.25) is 5.02 Å². The fraction of sp³-hybridized carbons (Fsp3) is 0.600. The Bertz CT molecular complexity index is 431. The molecule has 0 amide bonds. The lowest BCUT2D eigenvalue weighted by atomic mass is 10.0. The third-order valence-corrected chi connectivity index (χ3v) is 5.72. The van der Waals surface area contributed by atoms with Crippen LogP contribution in [0.15, 0.2) is 18.2 Å². The summed E-state index contributed by atoms with van der Waals surface area (Å²) in [6, 6.07) is 4.77. The van der Waals surface area contributed by atoms with Crippen molar-refractivity contribution in [2.45, 2.75) is 39.5 Å². The molecule has 18 heavy (non-hydrogen) atoms. The Morgan fingerprint density at radius 3 is 2.22 bits per heavy atom. The van der Waals surface area contributed by atoms with Gasteiger partial charge in [-0.25, -0.2) is 4.39 Å². The zero-order chi connectivity index (χ0) is 13.7. The topological polar surface area (TPSA) is 0 Å². The Morgan fingerprint density at radius 1 is 1.22 bits per heavy atom. The van der Waals surface area contributed by atoms with Gasteiger partial charge in [0.05, 0.1) is 0 Å². The summed E-state index contributed by atoms with van der Waals surface area (Å²) in [5.41, 5.74) is 0.951. The first-order valence-corrected chi connectivity index (χ1v) is 7.08. The van der Waals surface area contributed by atoms with Crippen molar-refractivity contribution in [1.82, 2.24) is 0 Å². The molecule has 1 fully saturated rings. The molecule has 1 aromatic rings. The molecule has 1 unspecified atom stereocenters. The molecule has 1 saturated carbocycles. The summed E-state index contributed by atoms with van der Waals surface area (Å²) in [6.07, 6.45) is 0.491. The average molecular weight is 289 g/mol. The molecule has 0 heterocycles. The van der Waals surface area contributed by atoms with Crippen LogP contribution in [0.5, 0.6) is 0 Å². The number of rotatable bonds is 3. The molecule has 2 rings (SSSR count). The predicted molar refractivity (Wildman–Crippen MR) is 75.8 cm³/mol. The van der Waals surface area contributed by atoms with Crippen LogP contribution in [-0.4, -0.2) is 5.38 Å². The average Bonchev–Trinajstić information content (AvgIpc) is 2.63. The van der Waals surface area contributed by atoms with E-state index in [2.05, 4.69) is 27.7 Å². The van der Waals surface area contributed by atoms with Crippen molar-refractivity contribution in [3.63, 3.8) is 0 Å². The van der Waals surface area contributed by atoms with E-state index in [0.717, 1.165) is 0 Å². The fourth-order valence-electron chi connectivity index (χ4n) is 3.19. The Morgan fingerprint density at radius 2 is 1.78 bits per heavy atom. The molecule has 0 radical (unpaired) electrons. The Labute approximate surface area is 118 Å². The summed E-state index contributed by atoms with van der Waals surface area (Å²) in [6.45, 7) is 8.87. The molecule has 3 heteroatoms. The first kappa shape index (κ1) is 14.1. The van der Waals surface area contributed by atoms with E-state index in [-0.39, 0.29) is 22.0 Å². The highest BCUT2D eigenvalue weighted by atomic mass is 35.5. The molecule has 1 aliphatic rings. The molecule has 1 aliphatic carbocycles. The molecule has 0 aromatic heterocycles. The minimum Gasteiger partial charge on any atom is -0.207 e. The second kappa shape index (κ2) is 4.38. The van der Waals surface area contributed by atoms with Crippen LogP contribution in [0.4, 0.5) is 4.39 Å². The van der Waals surface area contributed by atoms with E-state index in [9.17, 15) is 4.39 Å². The van der Waals surface area contributed by atoms with Crippen LogP contribution in [-0.2, 0) is 6.42 Å². The zero-order valence-corrected chi connectivity index (χ0v) is 12.7. The number of alkyl halides is 1. The Hall–Kier alpha value is -0.270. The van der Waals surface area contributed by atoms with Crippen molar-refractivity contribution >= 4 is 23.2 Å². The van der Waals surface area contributed by atoms with E-state index in [1.165, 1.54) is 6.07 Å². The summed E-state index contributed by atoms with van der Waals surface area (Å²) >= 11 is 12.5. The van der Waals surface area contributed by atoms with Gasteiger partial charge < -0.3 is 0 Å². The summed E-state index contributed by atoms with van der Waals surface area (Å²) in [4.78, 5) is 0. The molecular weight excluding hydrogens is 270 g/mol. The van der Waals surface area contributed by atoms with Gasteiger partial charge in [0.25, 0.3) is 0 Å². The third-order valence-electron chi connectivity index (χ3n) is 4.95. The second-order valence-electron chi connectivity index (χ2n) is 6.34. The van der Waals surface area contributed by atoms with Gasteiger partial charge in [0.2, 0.25) is 0 Å². The normalized spacial score (nSPS) is 22.8. The largest absolute Gasteiger partial charge is 0.207 e. The van der Waals surface area contributed by atoms with Gasteiger partial charge in [-0.05, 0) is 35.3 Å². The van der Waals surface area contributed by atoms with E-state index in [0.29, 0.717) is 22.9 Å². The number of hydrogen-bond donors (Lipinski definition) is 0. The van der Waals surface area contributed by atoms with Crippen LogP contribution < -0.4 is 0 Å². The minimum absolute atomic E-state index is 0.0793. The zero-order valence-electron chi connectivity index (χ0n) is 11.2. The maximum absolute atomic E-state index is 13.7. The maximum Gasteiger partial charge on any atom is 0.127 e. The lowest BCUT2D eigenvalue weighted by molar-refractivity contribution is 0.457. The molecular formula is C15H19Cl2F.